The molecule has 0 aromatic heterocycles. The Balaban J connectivity index is 1.65. The molecular formula is C19H19N3O2S. The van der Waals surface area contributed by atoms with Crippen molar-refractivity contribution in [2.24, 2.45) is 10.2 Å². The maximum absolute atomic E-state index is 12.1. The molecule has 1 aliphatic rings. The van der Waals surface area contributed by atoms with Crippen molar-refractivity contribution in [1.82, 2.24) is 5.32 Å². The molecule has 0 spiro atoms. The summed E-state index contributed by atoms with van der Waals surface area (Å²) in [6.07, 6.45) is 0.640. The second kappa shape index (κ2) is 7.98. The fraction of sp³-hybridized carbons (Fsp3) is 0.211. The van der Waals surface area contributed by atoms with E-state index in [1.54, 1.807) is 7.11 Å². The third kappa shape index (κ3) is 4.48. The summed E-state index contributed by atoms with van der Waals surface area (Å²) in [5.74, 6) is 0.771. The smallest absolute Gasteiger partial charge is 0.239 e. The van der Waals surface area contributed by atoms with E-state index >= 15 is 0 Å². The van der Waals surface area contributed by atoms with E-state index in [1.807, 2.05) is 61.5 Å². The van der Waals surface area contributed by atoms with Crippen LogP contribution in [0.3, 0.4) is 0 Å². The number of thioether (sulfide) groups is 1. The number of carbonyl (C=O) groups excluding carboxylic acids is 1. The minimum absolute atomic E-state index is 0.0351. The standard InChI is InChI=1S/C19H19N3O2S/c1-13(15-6-4-3-5-7-15)21-22-19-20-18(23)17(25-19)12-14-8-10-16(24-2)11-9-14/h3-11,17H,12H2,1-2H3,(H,20,22,23)/b21-13+. The maximum Gasteiger partial charge on any atom is 0.239 e. The second-order valence-corrected chi connectivity index (χ2v) is 6.80. The summed E-state index contributed by atoms with van der Waals surface area (Å²) in [5, 5.41) is 11.6. The Bertz CT molecular complexity index is 801. The van der Waals surface area contributed by atoms with Crippen LogP contribution in [0.1, 0.15) is 18.1 Å². The minimum atomic E-state index is -0.195. The molecule has 1 heterocycles. The molecular weight excluding hydrogens is 334 g/mol. The SMILES string of the molecule is COc1ccc(CC2S/C(=N/N=C(\C)c3ccccc3)NC2=O)cc1. The van der Waals surface area contributed by atoms with Crippen LogP contribution in [0.4, 0.5) is 0 Å². The minimum Gasteiger partial charge on any atom is -0.497 e. The normalized spacial score (nSPS) is 19.1. The van der Waals surface area contributed by atoms with Crippen molar-refractivity contribution in [2.75, 3.05) is 7.11 Å². The molecule has 1 unspecified atom stereocenters. The van der Waals surface area contributed by atoms with E-state index in [9.17, 15) is 4.79 Å². The van der Waals surface area contributed by atoms with Gasteiger partial charge in [-0.15, -0.1) is 5.10 Å². The predicted octanol–water partition coefficient (Wildman–Crippen LogP) is 3.25. The van der Waals surface area contributed by atoms with Crippen LogP contribution in [0.2, 0.25) is 0 Å². The van der Waals surface area contributed by atoms with E-state index < -0.39 is 0 Å². The Kier molecular flexibility index (Phi) is 5.50. The van der Waals surface area contributed by atoms with Gasteiger partial charge in [-0.25, -0.2) is 0 Å². The molecule has 1 atom stereocenters. The highest BCUT2D eigenvalue weighted by Crippen LogP contribution is 2.24. The molecule has 0 aliphatic carbocycles. The molecule has 0 saturated carbocycles. The van der Waals surface area contributed by atoms with Gasteiger partial charge >= 0.3 is 0 Å². The van der Waals surface area contributed by atoms with Gasteiger partial charge in [-0.2, -0.15) is 5.10 Å². The Morgan fingerprint density at radius 3 is 2.56 bits per heavy atom. The maximum atomic E-state index is 12.1. The molecule has 1 aliphatic heterocycles. The van der Waals surface area contributed by atoms with E-state index in [-0.39, 0.29) is 11.2 Å². The van der Waals surface area contributed by atoms with Crippen molar-refractivity contribution in [2.45, 2.75) is 18.6 Å². The highest BCUT2D eigenvalue weighted by molar-refractivity contribution is 8.15. The fourth-order valence-electron chi connectivity index (χ4n) is 2.42. The average Bonchev–Trinajstić information content (AvgIpc) is 3.00. The molecule has 2 aromatic rings. The first-order chi connectivity index (χ1) is 12.2. The van der Waals surface area contributed by atoms with E-state index in [1.165, 1.54) is 11.8 Å². The number of benzene rings is 2. The molecule has 3 rings (SSSR count). The largest absolute Gasteiger partial charge is 0.497 e. The number of methoxy groups -OCH3 is 1. The molecule has 1 fully saturated rings. The molecule has 1 saturated heterocycles. The van der Waals surface area contributed by atoms with Gasteiger partial charge in [0.1, 0.15) is 5.75 Å². The van der Waals surface area contributed by atoms with E-state index in [0.29, 0.717) is 11.6 Å². The third-order valence-electron chi connectivity index (χ3n) is 3.84. The lowest BCUT2D eigenvalue weighted by molar-refractivity contribution is -0.118. The molecule has 128 valence electrons. The summed E-state index contributed by atoms with van der Waals surface area (Å²) < 4.78 is 5.15. The summed E-state index contributed by atoms with van der Waals surface area (Å²) in [7, 11) is 1.63. The van der Waals surface area contributed by atoms with Crippen molar-refractivity contribution in [1.29, 1.82) is 0 Å². The lowest BCUT2D eigenvalue weighted by Crippen LogP contribution is -2.25. The number of rotatable bonds is 5. The third-order valence-corrected chi connectivity index (χ3v) is 4.91. The second-order valence-electron chi connectivity index (χ2n) is 5.60. The lowest BCUT2D eigenvalue weighted by atomic mass is 10.1. The predicted molar refractivity (Wildman–Crippen MR) is 102 cm³/mol. The highest BCUT2D eigenvalue weighted by Gasteiger charge is 2.30. The van der Waals surface area contributed by atoms with Gasteiger partial charge in [-0.3, -0.25) is 4.79 Å². The highest BCUT2D eigenvalue weighted by atomic mass is 32.2. The van der Waals surface area contributed by atoms with Crippen molar-refractivity contribution in [3.8, 4) is 5.75 Å². The summed E-state index contributed by atoms with van der Waals surface area (Å²) in [6, 6.07) is 17.6. The molecule has 0 bridgehead atoms. The first-order valence-electron chi connectivity index (χ1n) is 7.94. The molecule has 2 aromatic carbocycles. The first-order valence-corrected chi connectivity index (χ1v) is 8.82. The van der Waals surface area contributed by atoms with Gasteiger partial charge in [0, 0.05) is 0 Å². The number of amidine groups is 1. The molecule has 6 heteroatoms. The molecule has 1 amide bonds. The number of amides is 1. The van der Waals surface area contributed by atoms with Gasteiger partial charge in [-0.05, 0) is 36.6 Å². The van der Waals surface area contributed by atoms with Crippen molar-refractivity contribution in [3.05, 3.63) is 65.7 Å². The van der Waals surface area contributed by atoms with Crippen LogP contribution in [0, 0.1) is 0 Å². The van der Waals surface area contributed by atoms with E-state index in [4.69, 9.17) is 4.74 Å². The number of nitrogens with one attached hydrogen (secondary N) is 1. The van der Waals surface area contributed by atoms with Gasteiger partial charge in [0.25, 0.3) is 0 Å². The Hall–Kier alpha value is -2.60. The van der Waals surface area contributed by atoms with Crippen LogP contribution in [-0.4, -0.2) is 29.1 Å². The van der Waals surface area contributed by atoms with Crippen molar-refractivity contribution < 1.29 is 9.53 Å². The monoisotopic (exact) mass is 353 g/mol. The topological polar surface area (TPSA) is 63.1 Å². The van der Waals surface area contributed by atoms with Crippen LogP contribution < -0.4 is 10.1 Å². The molecule has 5 nitrogen and oxygen atoms in total. The van der Waals surface area contributed by atoms with E-state index in [0.717, 1.165) is 22.6 Å². The Morgan fingerprint density at radius 2 is 1.88 bits per heavy atom. The first kappa shape index (κ1) is 17.2. The summed E-state index contributed by atoms with van der Waals surface area (Å²) in [5.41, 5.74) is 2.90. The lowest BCUT2D eigenvalue weighted by Gasteiger charge is -2.06. The quantitative estimate of drug-likeness (QED) is 0.663. The molecule has 0 radical (unpaired) electrons. The number of carbonyl (C=O) groups is 1. The van der Waals surface area contributed by atoms with Gasteiger partial charge in [0.05, 0.1) is 18.1 Å². The van der Waals surface area contributed by atoms with Crippen LogP contribution >= 0.6 is 11.8 Å². The van der Waals surface area contributed by atoms with Crippen LogP contribution in [0.15, 0.2) is 64.8 Å². The molecule has 25 heavy (non-hydrogen) atoms. The zero-order chi connectivity index (χ0) is 17.6. The number of hydrogen-bond donors (Lipinski definition) is 1. The van der Waals surface area contributed by atoms with Crippen LogP contribution in [0.5, 0.6) is 5.75 Å². The van der Waals surface area contributed by atoms with E-state index in [2.05, 4.69) is 15.5 Å². The number of ether oxygens (including phenoxy) is 1. The number of nitrogens with zero attached hydrogens (tertiary/aromatic N) is 2. The van der Waals surface area contributed by atoms with Crippen molar-refractivity contribution >= 4 is 28.5 Å². The average molecular weight is 353 g/mol. The van der Waals surface area contributed by atoms with Crippen LogP contribution in [0.25, 0.3) is 0 Å². The van der Waals surface area contributed by atoms with Gasteiger partial charge < -0.3 is 10.1 Å². The summed E-state index contributed by atoms with van der Waals surface area (Å²) in [6.45, 7) is 1.90. The summed E-state index contributed by atoms with van der Waals surface area (Å²) >= 11 is 1.41. The molecule has 1 N–H and O–H groups in total. The van der Waals surface area contributed by atoms with Gasteiger partial charge in [-0.1, -0.05) is 54.2 Å². The van der Waals surface area contributed by atoms with Gasteiger partial charge in [0.15, 0.2) is 5.17 Å². The Morgan fingerprint density at radius 1 is 1.16 bits per heavy atom. The summed E-state index contributed by atoms with van der Waals surface area (Å²) in [4.78, 5) is 12.1. The Labute approximate surface area is 151 Å². The zero-order valence-electron chi connectivity index (χ0n) is 14.1. The number of hydrogen-bond acceptors (Lipinski definition) is 5. The van der Waals surface area contributed by atoms with Crippen LogP contribution in [-0.2, 0) is 11.2 Å². The van der Waals surface area contributed by atoms with Crippen molar-refractivity contribution in [3.63, 3.8) is 0 Å². The fourth-order valence-corrected chi connectivity index (χ4v) is 3.38. The van der Waals surface area contributed by atoms with Gasteiger partial charge in [0.2, 0.25) is 5.91 Å². The zero-order valence-corrected chi connectivity index (χ0v) is 14.9.